The number of halogens is 2. The summed E-state index contributed by atoms with van der Waals surface area (Å²) in [4.78, 5) is 14.3. The highest BCUT2D eigenvalue weighted by Gasteiger charge is 2.31. The van der Waals surface area contributed by atoms with E-state index >= 15 is 0 Å². The number of aryl methyl sites for hydroxylation is 1. The number of nitrogens with zero attached hydrogens (tertiary/aromatic N) is 4. The lowest BCUT2D eigenvalue weighted by molar-refractivity contribution is 0.0660. The number of hydrogen-bond acceptors (Lipinski definition) is 3. The van der Waals surface area contributed by atoms with Crippen LogP contribution in [0.2, 0.25) is 0 Å². The van der Waals surface area contributed by atoms with Gasteiger partial charge in [-0.25, -0.2) is 8.78 Å². The van der Waals surface area contributed by atoms with E-state index in [1.165, 1.54) is 6.07 Å². The van der Waals surface area contributed by atoms with E-state index in [0.717, 1.165) is 30.2 Å². The van der Waals surface area contributed by atoms with Crippen molar-refractivity contribution in [2.75, 3.05) is 6.54 Å². The summed E-state index contributed by atoms with van der Waals surface area (Å²) in [7, 11) is 0. The first kappa shape index (κ1) is 16.5. The monoisotopic (exact) mass is 334 g/mol. The molecule has 7 heteroatoms. The van der Waals surface area contributed by atoms with Crippen molar-refractivity contribution in [3.63, 3.8) is 0 Å². The average molecular weight is 334 g/mol. The minimum atomic E-state index is -1.02. The van der Waals surface area contributed by atoms with Gasteiger partial charge in [0.25, 0.3) is 5.91 Å². The molecule has 0 fully saturated rings. The molecule has 3 rings (SSSR count). The summed E-state index contributed by atoms with van der Waals surface area (Å²) in [6.07, 6.45) is 0.882. The molecule has 0 aliphatic carbocycles. The van der Waals surface area contributed by atoms with E-state index in [-0.39, 0.29) is 17.5 Å². The van der Waals surface area contributed by atoms with E-state index in [1.54, 1.807) is 4.90 Å². The highest BCUT2D eigenvalue weighted by Crippen LogP contribution is 2.28. The molecular weight excluding hydrogens is 314 g/mol. The van der Waals surface area contributed by atoms with Gasteiger partial charge in [0.05, 0.1) is 12.6 Å². The summed E-state index contributed by atoms with van der Waals surface area (Å²) >= 11 is 0. The number of amides is 1. The number of benzene rings is 1. The lowest BCUT2D eigenvalue weighted by Crippen LogP contribution is -2.42. The summed E-state index contributed by atoms with van der Waals surface area (Å²) in [6.45, 7) is 6.96. The summed E-state index contributed by atoms with van der Waals surface area (Å²) in [5.41, 5.74) is 0.141. The first-order valence-electron chi connectivity index (χ1n) is 8.01. The first-order valence-corrected chi connectivity index (χ1v) is 8.01. The molecule has 2 aromatic rings. The molecule has 0 saturated carbocycles. The minimum absolute atomic E-state index is 0.0815. The first-order chi connectivity index (χ1) is 11.4. The van der Waals surface area contributed by atoms with Crippen LogP contribution >= 0.6 is 0 Å². The van der Waals surface area contributed by atoms with E-state index in [4.69, 9.17) is 0 Å². The van der Waals surface area contributed by atoms with Crippen molar-refractivity contribution < 1.29 is 13.6 Å². The Morgan fingerprint density at radius 2 is 2.04 bits per heavy atom. The Hall–Kier alpha value is -2.31. The summed E-state index contributed by atoms with van der Waals surface area (Å²) in [5, 5.41) is 8.27. The smallest absolute Gasteiger partial charge is 0.254 e. The predicted octanol–water partition coefficient (Wildman–Crippen LogP) is 3.11. The van der Waals surface area contributed by atoms with Gasteiger partial charge in [-0.3, -0.25) is 4.79 Å². The maximum absolute atomic E-state index is 13.4. The molecular formula is C17H20F2N4O. The zero-order valence-electron chi connectivity index (χ0n) is 14.0. The van der Waals surface area contributed by atoms with E-state index in [1.807, 2.05) is 6.92 Å². The van der Waals surface area contributed by atoms with Crippen LogP contribution in [0.15, 0.2) is 18.2 Å². The molecule has 1 amide bonds. The van der Waals surface area contributed by atoms with Gasteiger partial charge in [-0.1, -0.05) is 13.8 Å². The minimum Gasteiger partial charge on any atom is -0.329 e. The Balaban J connectivity index is 1.89. The maximum Gasteiger partial charge on any atom is 0.254 e. The number of fused-ring (bicyclic) bond motifs is 1. The molecule has 5 nitrogen and oxygen atoms in total. The molecule has 1 aromatic carbocycles. The van der Waals surface area contributed by atoms with Crippen LogP contribution in [-0.2, 0) is 6.54 Å². The number of carbonyl (C=O) groups is 1. The van der Waals surface area contributed by atoms with Crippen LogP contribution in [-0.4, -0.2) is 32.1 Å². The normalized spacial score (nSPS) is 17.2. The van der Waals surface area contributed by atoms with Gasteiger partial charge >= 0.3 is 0 Å². The highest BCUT2D eigenvalue weighted by molar-refractivity contribution is 5.94. The van der Waals surface area contributed by atoms with Gasteiger partial charge in [0.1, 0.15) is 5.82 Å². The van der Waals surface area contributed by atoms with Gasteiger partial charge in [-0.2, -0.15) is 0 Å². The Morgan fingerprint density at radius 1 is 1.29 bits per heavy atom. The summed E-state index contributed by atoms with van der Waals surface area (Å²) in [5.74, 6) is -0.303. The Labute approximate surface area is 139 Å². The van der Waals surface area contributed by atoms with Crippen molar-refractivity contribution in [3.05, 3.63) is 47.0 Å². The number of hydrogen-bond donors (Lipinski definition) is 0. The molecule has 1 aliphatic heterocycles. The molecule has 0 spiro atoms. The Bertz CT molecular complexity index is 772. The second kappa shape index (κ2) is 6.30. The van der Waals surface area contributed by atoms with Gasteiger partial charge < -0.3 is 9.47 Å². The van der Waals surface area contributed by atoms with Gasteiger partial charge in [-0.05, 0) is 37.5 Å². The fourth-order valence-corrected chi connectivity index (χ4v) is 3.26. The Morgan fingerprint density at radius 3 is 2.71 bits per heavy atom. The lowest BCUT2D eigenvalue weighted by Gasteiger charge is -2.35. The number of aromatic nitrogens is 3. The van der Waals surface area contributed by atoms with Gasteiger partial charge in [0, 0.05) is 12.1 Å². The number of rotatable bonds is 3. The second-order valence-electron chi connectivity index (χ2n) is 6.63. The molecule has 1 atom stereocenters. The standard InChI is InChI=1S/C17H20F2N4O/c1-10(2)6-13-8-22(9-16-21-20-11(3)23(13)16)17(24)12-4-5-14(18)15(19)7-12/h4-5,7,10,13H,6,8-9H2,1-3H3/t13-/m0/s1. The van der Waals surface area contributed by atoms with Crippen LogP contribution in [0.3, 0.4) is 0 Å². The van der Waals surface area contributed by atoms with Crippen molar-refractivity contribution in [1.82, 2.24) is 19.7 Å². The van der Waals surface area contributed by atoms with Gasteiger partial charge in [0.15, 0.2) is 17.5 Å². The number of carbonyl (C=O) groups excluding carboxylic acids is 1. The van der Waals surface area contributed by atoms with Crippen LogP contribution in [0.25, 0.3) is 0 Å². The SMILES string of the molecule is Cc1nnc2n1[C@@H](CC(C)C)CN(C(=O)c1ccc(F)c(F)c1)C2. The van der Waals surface area contributed by atoms with Crippen molar-refractivity contribution >= 4 is 5.91 Å². The van der Waals surface area contributed by atoms with Crippen molar-refractivity contribution in [2.24, 2.45) is 5.92 Å². The lowest BCUT2D eigenvalue weighted by atomic mass is 10.0. The van der Waals surface area contributed by atoms with Crippen molar-refractivity contribution in [2.45, 2.75) is 39.8 Å². The van der Waals surface area contributed by atoms with E-state index in [0.29, 0.717) is 19.0 Å². The maximum atomic E-state index is 13.4. The molecule has 24 heavy (non-hydrogen) atoms. The summed E-state index contributed by atoms with van der Waals surface area (Å²) < 4.78 is 28.6. The third-order valence-electron chi connectivity index (χ3n) is 4.26. The fourth-order valence-electron chi connectivity index (χ4n) is 3.26. The second-order valence-corrected chi connectivity index (χ2v) is 6.63. The molecule has 0 bridgehead atoms. The van der Waals surface area contributed by atoms with Crippen LogP contribution in [0, 0.1) is 24.5 Å². The highest BCUT2D eigenvalue weighted by atomic mass is 19.2. The topological polar surface area (TPSA) is 51.0 Å². The molecule has 0 saturated heterocycles. The zero-order chi connectivity index (χ0) is 17.4. The van der Waals surface area contributed by atoms with E-state index in [9.17, 15) is 13.6 Å². The molecule has 1 aliphatic rings. The molecule has 128 valence electrons. The quantitative estimate of drug-likeness (QED) is 0.867. The third kappa shape index (κ3) is 3.02. The van der Waals surface area contributed by atoms with Crippen molar-refractivity contribution in [1.29, 1.82) is 0 Å². The van der Waals surface area contributed by atoms with Gasteiger partial charge in [-0.15, -0.1) is 10.2 Å². The molecule has 0 N–H and O–H groups in total. The molecule has 1 aromatic heterocycles. The van der Waals surface area contributed by atoms with Crippen molar-refractivity contribution in [3.8, 4) is 0 Å². The van der Waals surface area contributed by atoms with E-state index < -0.39 is 11.6 Å². The molecule has 2 heterocycles. The third-order valence-corrected chi connectivity index (χ3v) is 4.26. The van der Waals surface area contributed by atoms with E-state index in [2.05, 4.69) is 28.6 Å². The summed E-state index contributed by atoms with van der Waals surface area (Å²) in [6, 6.07) is 3.31. The Kier molecular flexibility index (Phi) is 4.34. The predicted molar refractivity (Wildman–Crippen MR) is 84.3 cm³/mol. The zero-order valence-corrected chi connectivity index (χ0v) is 14.0. The largest absolute Gasteiger partial charge is 0.329 e. The van der Waals surface area contributed by atoms with Crippen LogP contribution in [0.1, 0.15) is 48.3 Å². The fraction of sp³-hybridized carbons (Fsp3) is 0.471. The molecule has 0 unspecified atom stereocenters. The van der Waals surface area contributed by atoms with Crippen LogP contribution in [0.5, 0.6) is 0 Å². The van der Waals surface area contributed by atoms with Crippen LogP contribution < -0.4 is 0 Å². The average Bonchev–Trinajstić information content (AvgIpc) is 2.90. The molecule has 0 radical (unpaired) electrons. The van der Waals surface area contributed by atoms with Gasteiger partial charge in [0.2, 0.25) is 0 Å². The van der Waals surface area contributed by atoms with Crippen LogP contribution in [0.4, 0.5) is 8.78 Å².